The number of hydrogen-bond donors (Lipinski definition) is 0. The molecule has 156 valence electrons. The molecule has 0 saturated carbocycles. The summed E-state index contributed by atoms with van der Waals surface area (Å²) in [7, 11) is 0. The third kappa shape index (κ3) is 4.97. The highest BCUT2D eigenvalue weighted by Crippen LogP contribution is 2.39. The van der Waals surface area contributed by atoms with Crippen molar-refractivity contribution < 1.29 is 0 Å². The van der Waals surface area contributed by atoms with Crippen molar-refractivity contribution in [1.29, 1.82) is 0 Å². The smallest absolute Gasteiger partial charge is 0.0361 e. The predicted octanol–water partition coefficient (Wildman–Crippen LogP) is 10.3. The van der Waals surface area contributed by atoms with E-state index in [0.717, 1.165) is 0 Å². The SMILES string of the molecule is C=Cc1sc2cc3c(C)c(C=C)c(C=C)c(C)c3cc2c1C=C.CC.CC.CC. The third-order valence-electron chi connectivity index (χ3n) is 4.60. The van der Waals surface area contributed by atoms with E-state index in [-0.39, 0.29) is 0 Å². The molecular weight excluding hydrogens is 368 g/mol. The van der Waals surface area contributed by atoms with E-state index in [0.29, 0.717) is 0 Å². The fraction of sp³-hybridized carbons (Fsp3) is 0.286. The molecule has 0 radical (unpaired) electrons. The highest BCUT2D eigenvalue weighted by Gasteiger charge is 2.14. The van der Waals surface area contributed by atoms with Gasteiger partial charge in [0.1, 0.15) is 0 Å². The Balaban J connectivity index is 0.00000120. The summed E-state index contributed by atoms with van der Waals surface area (Å²) >= 11 is 1.77. The molecule has 1 heteroatoms. The van der Waals surface area contributed by atoms with E-state index in [1.165, 1.54) is 53.6 Å². The van der Waals surface area contributed by atoms with Crippen LogP contribution in [0.15, 0.2) is 38.4 Å². The van der Waals surface area contributed by atoms with Gasteiger partial charge in [-0.25, -0.2) is 0 Å². The van der Waals surface area contributed by atoms with Crippen LogP contribution in [0.25, 0.3) is 45.2 Å². The van der Waals surface area contributed by atoms with Crippen molar-refractivity contribution in [2.24, 2.45) is 0 Å². The van der Waals surface area contributed by atoms with Crippen molar-refractivity contribution in [1.82, 2.24) is 0 Å². The van der Waals surface area contributed by atoms with Crippen molar-refractivity contribution in [2.75, 3.05) is 0 Å². The molecule has 0 fully saturated rings. The number of fused-ring (bicyclic) bond motifs is 2. The molecule has 0 aliphatic carbocycles. The van der Waals surface area contributed by atoms with Gasteiger partial charge in [0.2, 0.25) is 0 Å². The molecular formula is C28H38S. The first-order valence-corrected chi connectivity index (χ1v) is 11.4. The number of aryl methyl sites for hydroxylation is 2. The molecule has 0 aliphatic heterocycles. The largest absolute Gasteiger partial charge is 0.135 e. The maximum Gasteiger partial charge on any atom is 0.0361 e. The molecule has 0 atom stereocenters. The number of rotatable bonds is 4. The zero-order valence-corrected chi connectivity index (χ0v) is 20.5. The van der Waals surface area contributed by atoms with E-state index < -0.39 is 0 Å². The molecule has 0 N–H and O–H groups in total. The van der Waals surface area contributed by atoms with E-state index in [1.807, 2.05) is 65.8 Å². The van der Waals surface area contributed by atoms with Gasteiger partial charge in [0.05, 0.1) is 0 Å². The van der Waals surface area contributed by atoms with Crippen molar-refractivity contribution in [3.63, 3.8) is 0 Å². The standard InChI is InChI=1S/C22H20S.3C2H6/c1-7-15-13(5)18-11-20-17(9-3)21(10-4)23-22(20)12-19(18)14(6)16(15)8-2;3*1-2/h7-12H,1-4H2,5-6H3;3*1-2H3. The zero-order chi connectivity index (χ0) is 22.7. The lowest BCUT2D eigenvalue weighted by atomic mass is 9.89. The summed E-state index contributed by atoms with van der Waals surface area (Å²) in [6.07, 6.45) is 7.70. The Bertz CT molecular complexity index is 997. The van der Waals surface area contributed by atoms with Crippen LogP contribution >= 0.6 is 11.3 Å². The van der Waals surface area contributed by atoms with Crippen molar-refractivity contribution >= 4 is 56.5 Å². The second kappa shape index (κ2) is 13.0. The molecule has 3 aromatic rings. The van der Waals surface area contributed by atoms with Crippen LogP contribution in [0, 0.1) is 13.8 Å². The third-order valence-corrected chi connectivity index (χ3v) is 5.76. The number of thiophene rings is 1. The topological polar surface area (TPSA) is 0 Å². The Morgan fingerprint density at radius 1 is 0.586 bits per heavy atom. The van der Waals surface area contributed by atoms with Gasteiger partial charge in [0.15, 0.2) is 0 Å². The van der Waals surface area contributed by atoms with Crippen molar-refractivity contribution in [3.05, 3.63) is 71.1 Å². The summed E-state index contributed by atoms with van der Waals surface area (Å²) in [6, 6.07) is 4.57. The first kappa shape index (κ1) is 26.6. The summed E-state index contributed by atoms with van der Waals surface area (Å²) in [5, 5.41) is 3.80. The van der Waals surface area contributed by atoms with E-state index in [1.54, 1.807) is 11.3 Å². The zero-order valence-electron chi connectivity index (χ0n) is 19.7. The Kier molecular flexibility index (Phi) is 11.9. The molecule has 0 saturated heterocycles. The number of benzene rings is 2. The Morgan fingerprint density at radius 3 is 1.38 bits per heavy atom. The van der Waals surface area contributed by atoms with E-state index >= 15 is 0 Å². The molecule has 0 amide bonds. The van der Waals surface area contributed by atoms with Gasteiger partial charge < -0.3 is 0 Å². The monoisotopic (exact) mass is 406 g/mol. The first-order chi connectivity index (χ1) is 14.1. The summed E-state index contributed by atoms with van der Waals surface area (Å²) in [4.78, 5) is 1.17. The van der Waals surface area contributed by atoms with E-state index in [9.17, 15) is 0 Å². The lowest BCUT2D eigenvalue weighted by Crippen LogP contribution is -1.94. The van der Waals surface area contributed by atoms with Gasteiger partial charge in [0.25, 0.3) is 0 Å². The molecule has 3 rings (SSSR count). The summed E-state index contributed by atoms with van der Waals surface area (Å²) in [5.41, 5.74) is 6.02. The predicted molar refractivity (Wildman–Crippen MR) is 143 cm³/mol. The fourth-order valence-corrected chi connectivity index (χ4v) is 4.46. The highest BCUT2D eigenvalue weighted by atomic mass is 32.1. The van der Waals surface area contributed by atoms with Gasteiger partial charge in [-0.1, -0.05) is 92.2 Å². The van der Waals surface area contributed by atoms with Crippen LogP contribution in [0.5, 0.6) is 0 Å². The first-order valence-electron chi connectivity index (χ1n) is 10.6. The molecule has 1 heterocycles. The van der Waals surface area contributed by atoms with Gasteiger partial charge in [-0.05, 0) is 64.6 Å². The van der Waals surface area contributed by atoms with Crippen LogP contribution in [0.2, 0.25) is 0 Å². The molecule has 2 aromatic carbocycles. The van der Waals surface area contributed by atoms with Gasteiger partial charge in [-0.15, -0.1) is 11.3 Å². The van der Waals surface area contributed by atoms with E-state index in [4.69, 9.17) is 0 Å². The molecule has 0 nitrogen and oxygen atoms in total. The minimum absolute atomic E-state index is 1.17. The van der Waals surface area contributed by atoms with Crippen molar-refractivity contribution in [3.8, 4) is 0 Å². The second-order valence-electron chi connectivity index (χ2n) is 5.67. The van der Waals surface area contributed by atoms with Crippen LogP contribution in [0.3, 0.4) is 0 Å². The summed E-state index contributed by atoms with van der Waals surface area (Å²) < 4.78 is 1.27. The Morgan fingerprint density at radius 2 is 1.00 bits per heavy atom. The quantitative estimate of drug-likeness (QED) is 0.404. The molecule has 29 heavy (non-hydrogen) atoms. The van der Waals surface area contributed by atoms with Crippen LogP contribution in [-0.4, -0.2) is 0 Å². The average Bonchev–Trinajstić information content (AvgIpc) is 3.15. The Hall–Kier alpha value is -2.38. The highest BCUT2D eigenvalue weighted by molar-refractivity contribution is 7.20. The maximum absolute atomic E-state index is 3.99. The minimum atomic E-state index is 1.17. The minimum Gasteiger partial charge on any atom is -0.135 e. The molecule has 0 spiro atoms. The fourth-order valence-electron chi connectivity index (χ4n) is 3.38. The van der Waals surface area contributed by atoms with Gasteiger partial charge in [0, 0.05) is 15.0 Å². The Labute approximate surface area is 183 Å². The van der Waals surface area contributed by atoms with Crippen LogP contribution in [0.1, 0.15) is 74.2 Å². The molecule has 1 aromatic heterocycles. The molecule has 0 bridgehead atoms. The normalized spacial score (nSPS) is 9.24. The summed E-state index contributed by atoms with van der Waals surface area (Å²) in [5.74, 6) is 0. The second-order valence-corrected chi connectivity index (χ2v) is 6.75. The maximum atomic E-state index is 3.99. The van der Waals surface area contributed by atoms with Gasteiger partial charge in [-0.3, -0.25) is 0 Å². The van der Waals surface area contributed by atoms with Crippen LogP contribution in [-0.2, 0) is 0 Å². The average molecular weight is 407 g/mol. The van der Waals surface area contributed by atoms with Gasteiger partial charge >= 0.3 is 0 Å². The van der Waals surface area contributed by atoms with E-state index in [2.05, 4.69) is 52.3 Å². The molecule has 0 aliphatic rings. The van der Waals surface area contributed by atoms with Crippen LogP contribution < -0.4 is 0 Å². The van der Waals surface area contributed by atoms with Crippen LogP contribution in [0.4, 0.5) is 0 Å². The summed E-state index contributed by atoms with van der Waals surface area (Å²) in [6.45, 7) is 32.2. The lowest BCUT2D eigenvalue weighted by Gasteiger charge is -2.15. The van der Waals surface area contributed by atoms with Crippen molar-refractivity contribution in [2.45, 2.75) is 55.4 Å². The number of hydrogen-bond acceptors (Lipinski definition) is 1. The van der Waals surface area contributed by atoms with Gasteiger partial charge in [-0.2, -0.15) is 0 Å². The molecule has 0 unspecified atom stereocenters. The lowest BCUT2D eigenvalue weighted by molar-refractivity contribution is 1.42.